The molecular weight excluding hydrogens is 450 g/mol. The highest BCUT2D eigenvalue weighted by molar-refractivity contribution is 5.78. The number of benzene rings is 2. The van der Waals surface area contributed by atoms with Crippen molar-refractivity contribution in [3.8, 4) is 11.4 Å². The maximum absolute atomic E-state index is 12.1. The number of likely N-dealkylation sites (N-methyl/N-ethyl adjacent to an activating group) is 1. The van der Waals surface area contributed by atoms with Gasteiger partial charge in [0, 0.05) is 49.7 Å². The minimum Gasteiger partial charge on any atom is -0.496 e. The fourth-order valence-corrected chi connectivity index (χ4v) is 3.98. The lowest BCUT2D eigenvalue weighted by Gasteiger charge is -2.17. The van der Waals surface area contributed by atoms with Crippen LogP contribution in [0.5, 0.6) is 5.75 Å². The summed E-state index contributed by atoms with van der Waals surface area (Å²) >= 11 is 0. The lowest BCUT2D eigenvalue weighted by atomic mass is 10.1. The maximum Gasteiger partial charge on any atom is 0.223 e. The van der Waals surface area contributed by atoms with Crippen LogP contribution < -0.4 is 15.5 Å². The van der Waals surface area contributed by atoms with Crippen LogP contribution in [0, 0.1) is 6.92 Å². The second-order valence-electron chi connectivity index (χ2n) is 9.05. The average molecular weight is 488 g/mol. The summed E-state index contributed by atoms with van der Waals surface area (Å²) in [5.74, 6) is 0.974. The van der Waals surface area contributed by atoms with E-state index in [-0.39, 0.29) is 11.3 Å². The van der Waals surface area contributed by atoms with Gasteiger partial charge in [-0.25, -0.2) is 0 Å². The van der Waals surface area contributed by atoms with Gasteiger partial charge in [-0.3, -0.25) is 9.59 Å². The van der Waals surface area contributed by atoms with Crippen molar-refractivity contribution in [1.29, 1.82) is 0 Å². The van der Waals surface area contributed by atoms with E-state index in [1.165, 1.54) is 23.3 Å². The fraction of sp³-hybridized carbons (Fsp3) is 0.333. The summed E-state index contributed by atoms with van der Waals surface area (Å²) in [6.45, 7) is 4.80. The lowest BCUT2D eigenvalue weighted by molar-refractivity contribution is -0.120. The first-order chi connectivity index (χ1) is 17.4. The van der Waals surface area contributed by atoms with Crippen LogP contribution in [0.3, 0.4) is 0 Å². The van der Waals surface area contributed by atoms with Crippen molar-refractivity contribution in [1.82, 2.24) is 14.8 Å². The number of nitrogens with zero attached hydrogens (tertiary/aromatic N) is 2. The van der Waals surface area contributed by atoms with Crippen molar-refractivity contribution in [3.63, 3.8) is 0 Å². The monoisotopic (exact) mass is 487 g/mol. The predicted molar refractivity (Wildman–Crippen MR) is 147 cm³/mol. The topological polar surface area (TPSA) is 63.6 Å². The van der Waals surface area contributed by atoms with E-state index in [9.17, 15) is 9.59 Å². The van der Waals surface area contributed by atoms with Crippen molar-refractivity contribution in [3.05, 3.63) is 100.0 Å². The number of rotatable bonds is 13. The Bertz CT molecular complexity index is 1180. The number of carbonyl (C=O) groups is 1. The van der Waals surface area contributed by atoms with Gasteiger partial charge in [-0.1, -0.05) is 36.4 Å². The molecule has 0 aliphatic heterocycles. The molecule has 0 aliphatic rings. The molecule has 36 heavy (non-hydrogen) atoms. The zero-order valence-corrected chi connectivity index (χ0v) is 21.6. The van der Waals surface area contributed by atoms with Crippen LogP contribution in [0.1, 0.15) is 36.0 Å². The molecule has 190 valence electrons. The molecule has 0 unspecified atom stereocenters. The molecular formula is C30H37N3O3. The number of methoxy groups -OCH3 is 1. The Morgan fingerprint density at radius 2 is 1.78 bits per heavy atom. The smallest absolute Gasteiger partial charge is 0.223 e. The van der Waals surface area contributed by atoms with E-state index in [0.717, 1.165) is 49.4 Å². The molecule has 1 N–H and O–H groups in total. The molecule has 0 spiro atoms. The summed E-state index contributed by atoms with van der Waals surface area (Å²) in [6.07, 6.45) is 10.7. The van der Waals surface area contributed by atoms with Gasteiger partial charge in [0.25, 0.3) is 0 Å². The number of unbranched alkanes of at least 4 members (excludes halogenated alkanes) is 1. The highest BCUT2D eigenvalue weighted by Gasteiger charge is 2.04. The number of ether oxygens (including phenoxy) is 1. The van der Waals surface area contributed by atoms with Crippen LogP contribution >= 0.6 is 0 Å². The Morgan fingerprint density at radius 3 is 2.47 bits per heavy atom. The second-order valence-corrected chi connectivity index (χ2v) is 9.05. The second kappa shape index (κ2) is 14.0. The number of pyridine rings is 1. The third-order valence-electron chi connectivity index (χ3n) is 6.13. The summed E-state index contributed by atoms with van der Waals surface area (Å²) in [7, 11) is 3.85. The van der Waals surface area contributed by atoms with Crippen LogP contribution in [0.4, 0.5) is 0 Å². The number of hydrogen-bond donors (Lipinski definition) is 1. The van der Waals surface area contributed by atoms with Gasteiger partial charge in [0.05, 0.1) is 7.11 Å². The van der Waals surface area contributed by atoms with Gasteiger partial charge >= 0.3 is 0 Å². The molecule has 1 heterocycles. The quantitative estimate of drug-likeness (QED) is 0.357. The Labute approximate surface area is 214 Å². The summed E-state index contributed by atoms with van der Waals surface area (Å²) in [5.41, 5.74) is 4.49. The number of nitrogens with one attached hydrogen (secondary N) is 1. The molecule has 0 fully saturated rings. The predicted octanol–water partition coefficient (Wildman–Crippen LogP) is 4.63. The number of aromatic nitrogens is 1. The van der Waals surface area contributed by atoms with E-state index in [1.54, 1.807) is 19.5 Å². The normalized spacial score (nSPS) is 11.2. The summed E-state index contributed by atoms with van der Waals surface area (Å²) in [4.78, 5) is 25.7. The molecule has 1 aromatic heterocycles. The summed E-state index contributed by atoms with van der Waals surface area (Å²) < 4.78 is 7.22. The van der Waals surface area contributed by atoms with Crippen LogP contribution in [-0.2, 0) is 11.2 Å². The van der Waals surface area contributed by atoms with Gasteiger partial charge in [-0.05, 0) is 74.7 Å². The lowest BCUT2D eigenvalue weighted by Crippen LogP contribution is -2.26. The first-order valence-electron chi connectivity index (χ1n) is 12.5. The number of carbonyl (C=O) groups excluding carboxylic acids is 1. The third-order valence-corrected chi connectivity index (χ3v) is 6.13. The molecule has 0 atom stereocenters. The van der Waals surface area contributed by atoms with Crippen LogP contribution in [-0.4, -0.2) is 49.2 Å². The molecule has 3 aromatic rings. The average Bonchev–Trinajstić information content (AvgIpc) is 2.88. The zero-order chi connectivity index (χ0) is 25.8. The highest BCUT2D eigenvalue weighted by Crippen LogP contribution is 2.18. The standard InChI is InChI=1S/C30H37N3O3/c1-24-23-26(11-14-29(24)36-3)15-20-32(2)19-5-4-18-31-30(35)8-6-7-25-9-12-27(13-10-25)33-21-16-28(34)17-22-33/h6-7,9-14,16-17,21-23H,4-5,8,15,18-20H2,1-3H3,(H,31,35)/b7-6+. The van der Waals surface area contributed by atoms with Gasteiger partial charge in [-0.15, -0.1) is 0 Å². The van der Waals surface area contributed by atoms with E-state index in [0.29, 0.717) is 13.0 Å². The molecule has 0 aliphatic carbocycles. The van der Waals surface area contributed by atoms with Gasteiger partial charge in [0.2, 0.25) is 5.91 Å². The molecule has 0 radical (unpaired) electrons. The SMILES string of the molecule is COc1ccc(CCN(C)CCCCNC(=O)C/C=C/c2ccc(-n3ccc(=O)cc3)cc2)cc1C. The third kappa shape index (κ3) is 8.86. The number of hydrogen-bond acceptors (Lipinski definition) is 4. The first kappa shape index (κ1) is 27.0. The molecule has 0 saturated carbocycles. The fourth-order valence-electron chi connectivity index (χ4n) is 3.98. The molecule has 6 nitrogen and oxygen atoms in total. The number of aryl methyl sites for hydroxylation is 1. The van der Waals surface area contributed by atoms with Crippen molar-refractivity contribution in [2.45, 2.75) is 32.6 Å². The number of amides is 1. The van der Waals surface area contributed by atoms with Gasteiger partial charge < -0.3 is 19.5 Å². The zero-order valence-electron chi connectivity index (χ0n) is 21.6. The summed E-state index contributed by atoms with van der Waals surface area (Å²) in [6, 6.07) is 17.4. The first-order valence-corrected chi connectivity index (χ1v) is 12.5. The van der Waals surface area contributed by atoms with Crippen LogP contribution in [0.15, 0.2) is 77.9 Å². The summed E-state index contributed by atoms with van der Waals surface area (Å²) in [5, 5.41) is 3.00. The Balaban J connectivity index is 1.28. The molecule has 1 amide bonds. The van der Waals surface area contributed by atoms with Crippen molar-refractivity contribution < 1.29 is 9.53 Å². The van der Waals surface area contributed by atoms with E-state index >= 15 is 0 Å². The Morgan fingerprint density at radius 1 is 1.03 bits per heavy atom. The minimum atomic E-state index is -0.00719. The Kier molecular flexibility index (Phi) is 10.5. The van der Waals surface area contributed by atoms with Crippen molar-refractivity contribution in [2.24, 2.45) is 0 Å². The van der Waals surface area contributed by atoms with E-state index in [1.807, 2.05) is 47.1 Å². The molecule has 0 saturated heterocycles. The van der Waals surface area contributed by atoms with Gasteiger partial charge in [0.15, 0.2) is 5.43 Å². The molecule has 6 heteroatoms. The molecule has 0 bridgehead atoms. The minimum absolute atomic E-state index is 0.00719. The van der Waals surface area contributed by atoms with E-state index in [2.05, 4.69) is 36.3 Å². The van der Waals surface area contributed by atoms with Gasteiger partial charge in [-0.2, -0.15) is 0 Å². The van der Waals surface area contributed by atoms with Crippen LogP contribution in [0.2, 0.25) is 0 Å². The van der Waals surface area contributed by atoms with Gasteiger partial charge in [0.1, 0.15) is 5.75 Å². The van der Waals surface area contributed by atoms with Crippen molar-refractivity contribution >= 4 is 12.0 Å². The van der Waals surface area contributed by atoms with E-state index < -0.39 is 0 Å². The highest BCUT2D eigenvalue weighted by atomic mass is 16.5. The van der Waals surface area contributed by atoms with Crippen LogP contribution in [0.25, 0.3) is 11.8 Å². The largest absolute Gasteiger partial charge is 0.496 e. The Hall–Kier alpha value is -3.64. The van der Waals surface area contributed by atoms with Crippen molar-refractivity contribution in [2.75, 3.05) is 33.8 Å². The molecule has 3 rings (SSSR count). The van der Waals surface area contributed by atoms with E-state index in [4.69, 9.17) is 4.74 Å². The molecule has 2 aromatic carbocycles. The maximum atomic E-state index is 12.1.